The van der Waals surface area contributed by atoms with Crippen molar-refractivity contribution in [1.82, 2.24) is 0 Å². The first-order chi connectivity index (χ1) is 9.40. The van der Waals surface area contributed by atoms with Crippen LogP contribution in [0, 0.1) is 0 Å². The van der Waals surface area contributed by atoms with Crippen LogP contribution < -0.4 is 5.36 Å². The molecule has 0 saturated heterocycles. The maximum Gasteiger partial charge on any atom is 0.137 e. The number of rotatable bonds is 1. The van der Waals surface area contributed by atoms with Gasteiger partial charge in [-0.3, -0.25) is 0 Å². The zero-order valence-electron chi connectivity index (χ0n) is 11.4. The molecule has 2 aromatic carbocycles. The highest BCUT2D eigenvalue weighted by molar-refractivity contribution is 5.89. The summed E-state index contributed by atoms with van der Waals surface area (Å²) in [6.07, 6.45) is 0. The predicted octanol–water partition coefficient (Wildman–Crippen LogP) is 4.07. The molecule has 1 heterocycles. The minimum atomic E-state index is 0.807. The molecule has 1 aromatic heterocycles. The van der Waals surface area contributed by atoms with E-state index in [1.54, 1.807) is 7.11 Å². The van der Waals surface area contributed by atoms with Crippen molar-refractivity contribution < 1.29 is 9.25 Å². The van der Waals surface area contributed by atoms with E-state index in [1.807, 2.05) is 62.4 Å². The number of para-hydroxylation sites is 2. The quantitative estimate of drug-likeness (QED) is 0.485. The molecule has 0 unspecified atom stereocenters. The Morgan fingerprint density at radius 1 is 0.842 bits per heavy atom. The summed E-state index contributed by atoms with van der Waals surface area (Å²) in [5.74, 6) is 0. The third kappa shape index (κ3) is 2.45. The van der Waals surface area contributed by atoms with Gasteiger partial charge in [-0.05, 0) is 24.3 Å². The lowest BCUT2D eigenvalue weighted by molar-refractivity contribution is 0.201. The lowest BCUT2D eigenvalue weighted by Gasteiger charge is -2.02. The van der Waals surface area contributed by atoms with Crippen LogP contribution in [-0.2, 0) is 4.84 Å². The van der Waals surface area contributed by atoms with Crippen LogP contribution >= 0.6 is 0 Å². The molecule has 3 rings (SSSR count). The van der Waals surface area contributed by atoms with Crippen molar-refractivity contribution in [2.75, 3.05) is 7.11 Å². The van der Waals surface area contributed by atoms with Crippen molar-refractivity contribution in [3.05, 3.63) is 53.9 Å². The highest BCUT2D eigenvalue weighted by Gasteiger charge is 2.04. The number of fused-ring (bicyclic) bond motifs is 2. The molecule has 0 amide bonds. The third-order valence-electron chi connectivity index (χ3n) is 2.69. The maximum absolute atomic E-state index is 5.82. The Balaban J connectivity index is 0.000000637. The smallest absolute Gasteiger partial charge is 0.137 e. The van der Waals surface area contributed by atoms with Gasteiger partial charge in [-0.2, -0.15) is 0 Å². The first-order valence-corrected chi connectivity index (χ1v) is 6.38. The molecule has 0 atom stereocenters. The monoisotopic (exact) mass is 255 g/mol. The Morgan fingerprint density at radius 3 is 1.79 bits per heavy atom. The van der Waals surface area contributed by atoms with Crippen LogP contribution in [0.15, 0.2) is 58.1 Å². The minimum absolute atomic E-state index is 0.807. The van der Waals surface area contributed by atoms with Crippen molar-refractivity contribution in [3.63, 3.8) is 0 Å². The number of hydrogen-bond acceptors (Lipinski definition) is 3. The van der Waals surface area contributed by atoms with Crippen LogP contribution in [0.5, 0.6) is 0 Å². The van der Waals surface area contributed by atoms with Crippen molar-refractivity contribution in [3.8, 4) is 0 Å². The first kappa shape index (κ1) is 13.1. The predicted molar refractivity (Wildman–Crippen MR) is 77.6 cm³/mol. The Labute approximate surface area is 112 Å². The van der Waals surface area contributed by atoms with Crippen LogP contribution in [-0.4, -0.2) is 7.11 Å². The van der Waals surface area contributed by atoms with Crippen LogP contribution in [0.4, 0.5) is 0 Å². The molecule has 0 aliphatic carbocycles. The Kier molecular flexibility index (Phi) is 4.18. The van der Waals surface area contributed by atoms with Crippen LogP contribution in [0.25, 0.3) is 21.9 Å². The van der Waals surface area contributed by atoms with Gasteiger partial charge >= 0.3 is 0 Å². The summed E-state index contributed by atoms with van der Waals surface area (Å²) >= 11 is 0. The molecule has 0 aliphatic heterocycles. The summed E-state index contributed by atoms with van der Waals surface area (Å²) in [5.41, 5.74) is 1.61. The van der Waals surface area contributed by atoms with E-state index in [0.29, 0.717) is 0 Å². The maximum atomic E-state index is 5.82. The van der Waals surface area contributed by atoms with E-state index in [4.69, 9.17) is 9.25 Å². The molecule has 0 aliphatic rings. The summed E-state index contributed by atoms with van der Waals surface area (Å²) in [6.45, 7) is 4.00. The molecular weight excluding hydrogens is 238 g/mol. The Bertz CT molecular complexity index is 687. The average molecular weight is 255 g/mol. The van der Waals surface area contributed by atoms with E-state index in [2.05, 4.69) is 5.16 Å². The third-order valence-corrected chi connectivity index (χ3v) is 2.69. The van der Waals surface area contributed by atoms with Crippen LogP contribution in [0.2, 0.25) is 0 Å². The van der Waals surface area contributed by atoms with E-state index in [0.717, 1.165) is 27.3 Å². The van der Waals surface area contributed by atoms with E-state index in [-0.39, 0.29) is 0 Å². The molecule has 98 valence electrons. The molecule has 3 heteroatoms. The number of hydrogen-bond donors (Lipinski definition) is 0. The minimum Gasteiger partial charge on any atom is -0.456 e. The molecule has 3 aromatic rings. The summed E-state index contributed by atoms with van der Waals surface area (Å²) < 4.78 is 5.82. The van der Waals surface area contributed by atoms with E-state index in [9.17, 15) is 0 Å². The second-order valence-corrected chi connectivity index (χ2v) is 3.72. The fourth-order valence-corrected chi connectivity index (χ4v) is 1.96. The fraction of sp³-hybridized carbons (Fsp3) is 0.188. The standard InChI is InChI=1S/C14H11NO2.C2H6/c1-16-15-14-10-6-2-4-8-12(10)17-13-9-5-3-7-11(13)14;1-2/h2-9H,1H3;1-2H3. The molecule has 0 saturated carbocycles. The molecule has 0 bridgehead atoms. The van der Waals surface area contributed by atoms with Crippen molar-refractivity contribution in [2.24, 2.45) is 5.16 Å². The average Bonchev–Trinajstić information content (AvgIpc) is 2.49. The van der Waals surface area contributed by atoms with Crippen molar-refractivity contribution >= 4 is 21.9 Å². The molecule has 19 heavy (non-hydrogen) atoms. The summed E-state index contributed by atoms with van der Waals surface area (Å²) in [6, 6.07) is 15.6. The van der Waals surface area contributed by atoms with Gasteiger partial charge in [0.05, 0.1) is 0 Å². The lowest BCUT2D eigenvalue weighted by Crippen LogP contribution is -2.05. The highest BCUT2D eigenvalue weighted by Crippen LogP contribution is 2.17. The molecule has 3 nitrogen and oxygen atoms in total. The van der Waals surface area contributed by atoms with Gasteiger partial charge < -0.3 is 9.25 Å². The Morgan fingerprint density at radius 2 is 1.32 bits per heavy atom. The van der Waals surface area contributed by atoms with Gasteiger partial charge in [0.1, 0.15) is 23.6 Å². The summed E-state index contributed by atoms with van der Waals surface area (Å²) in [7, 11) is 1.55. The van der Waals surface area contributed by atoms with Gasteiger partial charge in [0, 0.05) is 10.8 Å². The number of nitrogens with zero attached hydrogens (tertiary/aromatic N) is 1. The summed E-state index contributed by atoms with van der Waals surface area (Å²) in [4.78, 5) is 4.93. The topological polar surface area (TPSA) is 34.7 Å². The van der Waals surface area contributed by atoms with Crippen molar-refractivity contribution in [2.45, 2.75) is 13.8 Å². The Hall–Kier alpha value is -2.29. The lowest BCUT2D eigenvalue weighted by atomic mass is 10.1. The van der Waals surface area contributed by atoms with Crippen LogP contribution in [0.3, 0.4) is 0 Å². The van der Waals surface area contributed by atoms with Gasteiger partial charge in [-0.25, -0.2) is 0 Å². The highest BCUT2D eigenvalue weighted by atomic mass is 16.6. The zero-order valence-corrected chi connectivity index (χ0v) is 11.4. The van der Waals surface area contributed by atoms with Gasteiger partial charge in [0.2, 0.25) is 0 Å². The molecule has 0 radical (unpaired) electrons. The largest absolute Gasteiger partial charge is 0.456 e. The van der Waals surface area contributed by atoms with Crippen molar-refractivity contribution in [1.29, 1.82) is 0 Å². The fourth-order valence-electron chi connectivity index (χ4n) is 1.96. The van der Waals surface area contributed by atoms with Crippen LogP contribution in [0.1, 0.15) is 13.8 Å². The van der Waals surface area contributed by atoms with Gasteiger partial charge in [0.15, 0.2) is 0 Å². The zero-order chi connectivity index (χ0) is 13.7. The van der Waals surface area contributed by atoms with E-state index < -0.39 is 0 Å². The molecular formula is C16H17NO2. The molecule has 0 N–H and O–H groups in total. The second kappa shape index (κ2) is 6.05. The van der Waals surface area contributed by atoms with Gasteiger partial charge in [-0.1, -0.05) is 43.3 Å². The second-order valence-electron chi connectivity index (χ2n) is 3.72. The normalized spacial score (nSPS) is 9.84. The van der Waals surface area contributed by atoms with E-state index >= 15 is 0 Å². The van der Waals surface area contributed by atoms with E-state index in [1.165, 1.54) is 0 Å². The molecule has 0 spiro atoms. The SMILES string of the molecule is CC.CON=c1c2ccccc2oc2ccccc12. The first-order valence-electron chi connectivity index (χ1n) is 6.38. The summed E-state index contributed by atoms with van der Waals surface area (Å²) in [5, 5.41) is 6.82. The number of benzene rings is 2. The van der Waals surface area contributed by atoms with Gasteiger partial charge in [0.25, 0.3) is 0 Å². The molecule has 0 fully saturated rings. The van der Waals surface area contributed by atoms with Gasteiger partial charge in [-0.15, -0.1) is 0 Å².